The molecule has 2 rings (SSSR count). The fourth-order valence-corrected chi connectivity index (χ4v) is 2.10. The molecule has 2 nitrogen and oxygen atoms in total. The third kappa shape index (κ3) is 3.11. The number of phenolic OH excluding ortho intramolecular Hbond substituents is 1. The number of rotatable bonds is 5. The number of phenols is 1. The molecule has 0 saturated heterocycles. The van der Waals surface area contributed by atoms with E-state index in [1.165, 1.54) is 5.56 Å². The average molecular weight is 242 g/mol. The van der Waals surface area contributed by atoms with E-state index in [4.69, 9.17) is 4.74 Å². The molecule has 1 N–H and O–H groups in total. The predicted molar refractivity (Wildman–Crippen MR) is 72.6 cm³/mol. The van der Waals surface area contributed by atoms with Crippen molar-refractivity contribution in [3.05, 3.63) is 65.7 Å². The van der Waals surface area contributed by atoms with Gasteiger partial charge in [-0.25, -0.2) is 0 Å². The smallest absolute Gasteiger partial charge is 0.121 e. The van der Waals surface area contributed by atoms with E-state index in [0.29, 0.717) is 5.75 Å². The normalized spacial score (nSPS) is 12.3. The van der Waals surface area contributed by atoms with Gasteiger partial charge in [-0.05, 0) is 24.5 Å². The summed E-state index contributed by atoms with van der Waals surface area (Å²) in [5.74, 6) is 0.303. The van der Waals surface area contributed by atoms with Crippen LogP contribution in [0.1, 0.15) is 23.7 Å². The largest absolute Gasteiger partial charge is 0.508 e. The molecule has 0 amide bonds. The number of hydrogen-bond donors (Lipinski definition) is 1. The molecule has 18 heavy (non-hydrogen) atoms. The summed E-state index contributed by atoms with van der Waals surface area (Å²) in [5, 5.41) is 9.83. The molecule has 0 bridgehead atoms. The maximum atomic E-state index is 9.83. The second-order valence-electron chi connectivity index (χ2n) is 4.31. The maximum absolute atomic E-state index is 9.83. The summed E-state index contributed by atoms with van der Waals surface area (Å²) in [4.78, 5) is 0. The molecule has 0 fully saturated rings. The van der Waals surface area contributed by atoms with Gasteiger partial charge in [-0.3, -0.25) is 0 Å². The van der Waals surface area contributed by atoms with Crippen LogP contribution in [0.4, 0.5) is 0 Å². The summed E-state index contributed by atoms with van der Waals surface area (Å²) in [5.41, 5.74) is 2.14. The van der Waals surface area contributed by atoms with Crippen molar-refractivity contribution in [2.45, 2.75) is 18.9 Å². The highest BCUT2D eigenvalue weighted by molar-refractivity contribution is 5.33. The van der Waals surface area contributed by atoms with Crippen LogP contribution in [0.2, 0.25) is 0 Å². The predicted octanol–water partition coefficient (Wildman–Crippen LogP) is 3.71. The van der Waals surface area contributed by atoms with Gasteiger partial charge in [0.2, 0.25) is 0 Å². The van der Waals surface area contributed by atoms with Crippen LogP contribution in [-0.4, -0.2) is 12.2 Å². The molecule has 94 valence electrons. The summed E-state index contributed by atoms with van der Waals surface area (Å²) >= 11 is 0. The molecule has 2 aromatic rings. The van der Waals surface area contributed by atoms with Crippen molar-refractivity contribution in [1.82, 2.24) is 0 Å². The van der Waals surface area contributed by atoms with E-state index in [2.05, 4.69) is 12.1 Å². The minimum atomic E-state index is -0.0635. The van der Waals surface area contributed by atoms with Crippen LogP contribution in [0.5, 0.6) is 5.75 Å². The molecule has 2 heteroatoms. The molecule has 0 aliphatic heterocycles. The number of para-hydroxylation sites is 1. The fourth-order valence-electron chi connectivity index (χ4n) is 2.10. The van der Waals surface area contributed by atoms with Gasteiger partial charge < -0.3 is 9.84 Å². The van der Waals surface area contributed by atoms with Crippen molar-refractivity contribution in [2.75, 3.05) is 7.11 Å². The highest BCUT2D eigenvalue weighted by Gasteiger charge is 2.13. The topological polar surface area (TPSA) is 29.5 Å². The van der Waals surface area contributed by atoms with Gasteiger partial charge >= 0.3 is 0 Å². The standard InChI is InChI=1S/C16H18O2/c1-18-16(14-9-5-6-10-15(14)17)12-11-13-7-3-2-4-8-13/h2-10,16-17H,11-12H2,1H3. The summed E-state index contributed by atoms with van der Waals surface area (Å²) in [6, 6.07) is 17.7. The Balaban J connectivity index is 2.04. The number of aromatic hydroxyl groups is 1. The van der Waals surface area contributed by atoms with Gasteiger partial charge in [0.1, 0.15) is 5.75 Å². The zero-order valence-electron chi connectivity index (χ0n) is 10.5. The van der Waals surface area contributed by atoms with Crippen molar-refractivity contribution in [3.8, 4) is 5.75 Å². The van der Waals surface area contributed by atoms with Crippen molar-refractivity contribution in [2.24, 2.45) is 0 Å². The monoisotopic (exact) mass is 242 g/mol. The molecule has 1 unspecified atom stereocenters. The van der Waals surface area contributed by atoms with Crippen LogP contribution < -0.4 is 0 Å². The first kappa shape index (κ1) is 12.7. The van der Waals surface area contributed by atoms with Crippen molar-refractivity contribution in [3.63, 3.8) is 0 Å². The third-order valence-corrected chi connectivity index (χ3v) is 3.11. The molecular weight excluding hydrogens is 224 g/mol. The highest BCUT2D eigenvalue weighted by Crippen LogP contribution is 2.29. The molecule has 2 aromatic carbocycles. The number of benzene rings is 2. The molecule has 0 spiro atoms. The van der Waals surface area contributed by atoms with Crippen LogP contribution in [0.3, 0.4) is 0 Å². The van der Waals surface area contributed by atoms with E-state index in [1.807, 2.05) is 36.4 Å². The number of ether oxygens (including phenoxy) is 1. The SMILES string of the molecule is COC(CCc1ccccc1)c1ccccc1O. The molecule has 1 atom stereocenters. The molecular formula is C16H18O2. The number of aryl methyl sites for hydroxylation is 1. The van der Waals surface area contributed by atoms with E-state index < -0.39 is 0 Å². The minimum Gasteiger partial charge on any atom is -0.508 e. The molecule has 0 aromatic heterocycles. The molecule has 0 radical (unpaired) electrons. The minimum absolute atomic E-state index is 0.0635. The summed E-state index contributed by atoms with van der Waals surface area (Å²) in [7, 11) is 1.68. The second kappa shape index (κ2) is 6.22. The van der Waals surface area contributed by atoms with Gasteiger partial charge in [0.15, 0.2) is 0 Å². The summed E-state index contributed by atoms with van der Waals surface area (Å²) < 4.78 is 5.48. The molecule has 0 heterocycles. The van der Waals surface area contributed by atoms with Crippen molar-refractivity contribution < 1.29 is 9.84 Å². The van der Waals surface area contributed by atoms with Gasteiger partial charge in [-0.2, -0.15) is 0 Å². The highest BCUT2D eigenvalue weighted by atomic mass is 16.5. The zero-order valence-corrected chi connectivity index (χ0v) is 10.5. The Morgan fingerprint density at radius 3 is 2.33 bits per heavy atom. The van der Waals surface area contributed by atoms with Crippen LogP contribution in [0.15, 0.2) is 54.6 Å². The Morgan fingerprint density at radius 1 is 1.00 bits per heavy atom. The van der Waals surface area contributed by atoms with Crippen LogP contribution in [-0.2, 0) is 11.2 Å². The van der Waals surface area contributed by atoms with Crippen LogP contribution >= 0.6 is 0 Å². The van der Waals surface area contributed by atoms with Gasteiger partial charge in [0, 0.05) is 12.7 Å². The lowest BCUT2D eigenvalue weighted by Crippen LogP contribution is -2.03. The Morgan fingerprint density at radius 2 is 1.67 bits per heavy atom. The van der Waals surface area contributed by atoms with Crippen molar-refractivity contribution in [1.29, 1.82) is 0 Å². The Hall–Kier alpha value is -1.80. The quantitative estimate of drug-likeness (QED) is 0.866. The Bertz CT molecular complexity index is 479. The Kier molecular flexibility index (Phi) is 4.37. The van der Waals surface area contributed by atoms with Crippen LogP contribution in [0.25, 0.3) is 0 Å². The molecule has 0 saturated carbocycles. The zero-order chi connectivity index (χ0) is 12.8. The van der Waals surface area contributed by atoms with E-state index in [9.17, 15) is 5.11 Å². The number of hydrogen-bond acceptors (Lipinski definition) is 2. The lowest BCUT2D eigenvalue weighted by molar-refractivity contribution is 0.0937. The first-order valence-corrected chi connectivity index (χ1v) is 6.16. The van der Waals surface area contributed by atoms with Gasteiger partial charge in [0.05, 0.1) is 6.10 Å². The van der Waals surface area contributed by atoms with Gasteiger partial charge in [-0.1, -0.05) is 48.5 Å². The van der Waals surface area contributed by atoms with E-state index in [0.717, 1.165) is 18.4 Å². The summed E-state index contributed by atoms with van der Waals surface area (Å²) in [6.45, 7) is 0. The first-order chi connectivity index (χ1) is 8.81. The van der Waals surface area contributed by atoms with E-state index >= 15 is 0 Å². The van der Waals surface area contributed by atoms with Gasteiger partial charge in [0.25, 0.3) is 0 Å². The lowest BCUT2D eigenvalue weighted by Gasteiger charge is -2.16. The van der Waals surface area contributed by atoms with Crippen molar-refractivity contribution >= 4 is 0 Å². The summed E-state index contributed by atoms with van der Waals surface area (Å²) in [6.07, 6.45) is 1.73. The third-order valence-electron chi connectivity index (χ3n) is 3.11. The Labute approximate surface area is 108 Å². The maximum Gasteiger partial charge on any atom is 0.121 e. The average Bonchev–Trinajstić information content (AvgIpc) is 2.42. The van der Waals surface area contributed by atoms with E-state index in [-0.39, 0.29) is 6.10 Å². The fraction of sp³-hybridized carbons (Fsp3) is 0.250. The second-order valence-corrected chi connectivity index (χ2v) is 4.31. The molecule has 0 aliphatic rings. The van der Waals surface area contributed by atoms with E-state index in [1.54, 1.807) is 13.2 Å². The first-order valence-electron chi connectivity index (χ1n) is 6.16. The lowest BCUT2D eigenvalue weighted by atomic mass is 10.0. The van der Waals surface area contributed by atoms with Crippen LogP contribution in [0, 0.1) is 0 Å². The van der Waals surface area contributed by atoms with Gasteiger partial charge in [-0.15, -0.1) is 0 Å². The molecule has 0 aliphatic carbocycles. The number of methoxy groups -OCH3 is 1.